The van der Waals surface area contributed by atoms with E-state index in [0.29, 0.717) is 5.03 Å². The van der Waals surface area contributed by atoms with Gasteiger partial charge >= 0.3 is 0 Å². The van der Waals surface area contributed by atoms with Gasteiger partial charge < -0.3 is 9.80 Å². The Morgan fingerprint density at radius 1 is 1.09 bits per heavy atom. The topological polar surface area (TPSA) is 61.7 Å². The predicted octanol–water partition coefficient (Wildman–Crippen LogP) is 4.82. The smallest absolute Gasteiger partial charge is 0.188 e. The third kappa shape index (κ3) is 4.07. The monoisotopic (exact) mass is 479 g/mol. The van der Waals surface area contributed by atoms with Crippen LogP contribution in [0.3, 0.4) is 0 Å². The van der Waals surface area contributed by atoms with Crippen LogP contribution in [0.4, 0.5) is 5.13 Å². The van der Waals surface area contributed by atoms with Gasteiger partial charge in [-0.05, 0) is 57.0 Å². The van der Waals surface area contributed by atoms with Gasteiger partial charge in [-0.3, -0.25) is 9.79 Å². The van der Waals surface area contributed by atoms with Crippen LogP contribution in [0.15, 0.2) is 46.7 Å². The number of carbonyl (C=O) groups excluding carboxylic acids is 1. The van der Waals surface area contributed by atoms with Crippen LogP contribution in [-0.2, 0) is 4.79 Å². The summed E-state index contributed by atoms with van der Waals surface area (Å²) in [6.45, 7) is 4.63. The van der Waals surface area contributed by atoms with Crippen molar-refractivity contribution in [3.8, 4) is 0 Å². The maximum atomic E-state index is 12.3. The number of thiazole rings is 1. The van der Waals surface area contributed by atoms with Crippen LogP contribution in [0, 0.1) is 5.92 Å². The Bertz CT molecular complexity index is 1210. The number of allylic oxidation sites excluding steroid dienone is 5. The van der Waals surface area contributed by atoms with Crippen LogP contribution in [-0.4, -0.2) is 58.6 Å². The molecule has 170 valence electrons. The second-order valence-electron chi connectivity index (χ2n) is 9.18. The Hall–Kier alpha value is -2.35. The fraction of sp³-hybridized carbons (Fsp3) is 0.440. The van der Waals surface area contributed by atoms with E-state index >= 15 is 0 Å². The maximum absolute atomic E-state index is 12.3. The minimum Gasteiger partial charge on any atom is -0.348 e. The van der Waals surface area contributed by atoms with Crippen molar-refractivity contribution in [1.29, 1.82) is 0 Å². The first-order chi connectivity index (χ1) is 16.2. The van der Waals surface area contributed by atoms with Gasteiger partial charge in [-0.2, -0.15) is 4.98 Å². The minimum atomic E-state index is -0.420. The summed E-state index contributed by atoms with van der Waals surface area (Å²) < 4.78 is 1.04. The average molecular weight is 480 g/mol. The molecule has 0 saturated carbocycles. The van der Waals surface area contributed by atoms with E-state index in [4.69, 9.17) is 16.6 Å². The van der Waals surface area contributed by atoms with Gasteiger partial charge in [0.15, 0.2) is 16.6 Å². The highest BCUT2D eigenvalue weighted by atomic mass is 35.5. The van der Waals surface area contributed by atoms with Crippen LogP contribution >= 0.6 is 22.9 Å². The van der Waals surface area contributed by atoms with Gasteiger partial charge in [0.25, 0.3) is 0 Å². The van der Waals surface area contributed by atoms with Gasteiger partial charge in [0.2, 0.25) is 0 Å². The third-order valence-corrected chi connectivity index (χ3v) is 8.41. The van der Waals surface area contributed by atoms with E-state index in [1.165, 1.54) is 51.3 Å². The molecule has 3 aliphatic heterocycles. The quantitative estimate of drug-likeness (QED) is 0.631. The lowest BCUT2D eigenvalue weighted by molar-refractivity contribution is -0.115. The molecular formula is C25H26ClN5OS. The Morgan fingerprint density at radius 2 is 1.91 bits per heavy atom. The van der Waals surface area contributed by atoms with Crippen LogP contribution in [0.25, 0.3) is 15.9 Å². The molecule has 2 aromatic heterocycles. The molecule has 2 aromatic rings. The molecule has 0 N–H and O–H groups in total. The molecule has 4 aliphatic rings. The summed E-state index contributed by atoms with van der Waals surface area (Å²) in [6.07, 6.45) is 15.0. The molecule has 6 rings (SSSR count). The molecule has 2 fully saturated rings. The fourth-order valence-corrected chi connectivity index (χ4v) is 6.61. The van der Waals surface area contributed by atoms with E-state index in [2.05, 4.69) is 25.8 Å². The number of likely N-dealkylation sites (tertiary alicyclic amines) is 1. The molecule has 1 aliphatic carbocycles. The lowest BCUT2D eigenvalue weighted by Crippen LogP contribution is -2.46. The van der Waals surface area contributed by atoms with Gasteiger partial charge in [0.1, 0.15) is 0 Å². The highest BCUT2D eigenvalue weighted by Gasteiger charge is 2.30. The SMILES string of the molecule is O=C1C=CN=C2C(c3cnc4nc(N5CCC(N6CCCCC6)CC5)sc4c3)=CC(Cl)=CC12. The number of carbonyl (C=O) groups is 1. The van der Waals surface area contributed by atoms with Gasteiger partial charge in [-0.25, -0.2) is 4.98 Å². The molecule has 1 atom stereocenters. The number of hydrogen-bond acceptors (Lipinski definition) is 7. The van der Waals surface area contributed by atoms with Gasteiger partial charge in [-0.15, -0.1) is 0 Å². The number of nitrogens with zero attached hydrogens (tertiary/aromatic N) is 5. The molecule has 1 unspecified atom stereocenters. The number of ketones is 1. The number of hydrogen-bond donors (Lipinski definition) is 0. The number of aromatic nitrogens is 2. The first-order valence-corrected chi connectivity index (χ1v) is 13.0. The normalized spacial score (nSPS) is 24.5. The van der Waals surface area contributed by atoms with Crippen molar-refractivity contribution in [2.45, 2.75) is 38.1 Å². The first kappa shape index (κ1) is 21.2. The largest absolute Gasteiger partial charge is 0.348 e. The number of halogens is 1. The lowest BCUT2D eigenvalue weighted by Gasteiger charge is -2.40. The summed E-state index contributed by atoms with van der Waals surface area (Å²) in [5.41, 5.74) is 3.28. The first-order valence-electron chi connectivity index (χ1n) is 11.8. The summed E-state index contributed by atoms with van der Waals surface area (Å²) in [7, 11) is 0. The van der Waals surface area contributed by atoms with Crippen LogP contribution < -0.4 is 4.90 Å². The maximum Gasteiger partial charge on any atom is 0.188 e. The summed E-state index contributed by atoms with van der Waals surface area (Å²) in [4.78, 5) is 31.4. The van der Waals surface area contributed by atoms with Crippen molar-refractivity contribution >= 4 is 55.5 Å². The fourth-order valence-electron chi connectivity index (χ4n) is 5.35. The number of fused-ring (bicyclic) bond motifs is 2. The number of anilines is 1. The molecule has 8 heteroatoms. The molecule has 0 aromatic carbocycles. The van der Waals surface area contributed by atoms with Gasteiger partial charge in [-0.1, -0.05) is 29.4 Å². The van der Waals surface area contributed by atoms with Crippen molar-refractivity contribution in [1.82, 2.24) is 14.9 Å². The molecule has 0 radical (unpaired) electrons. The van der Waals surface area contributed by atoms with Crippen LogP contribution in [0.2, 0.25) is 0 Å². The number of rotatable bonds is 3. The molecule has 0 amide bonds. The number of piperidine rings is 2. The molecule has 0 spiro atoms. The van der Waals surface area contributed by atoms with E-state index in [1.807, 2.05) is 12.3 Å². The zero-order valence-electron chi connectivity index (χ0n) is 18.4. The Morgan fingerprint density at radius 3 is 2.73 bits per heavy atom. The molecule has 5 heterocycles. The van der Waals surface area contributed by atoms with E-state index in [-0.39, 0.29) is 5.78 Å². The van der Waals surface area contributed by atoms with Gasteiger partial charge in [0.05, 0.1) is 16.3 Å². The van der Waals surface area contributed by atoms with Crippen LogP contribution in [0.1, 0.15) is 37.7 Å². The summed E-state index contributed by atoms with van der Waals surface area (Å²) in [5.74, 6) is -0.415. The lowest BCUT2D eigenvalue weighted by atomic mass is 9.84. The van der Waals surface area contributed by atoms with Crippen molar-refractivity contribution in [3.63, 3.8) is 0 Å². The van der Waals surface area contributed by atoms with E-state index in [0.717, 1.165) is 51.5 Å². The molecular weight excluding hydrogens is 454 g/mol. The Balaban J connectivity index is 1.23. The number of aliphatic imine (C=N–C) groups is 1. The molecule has 0 bridgehead atoms. The van der Waals surface area contributed by atoms with Crippen molar-refractivity contribution in [2.75, 3.05) is 31.1 Å². The zero-order valence-corrected chi connectivity index (χ0v) is 20.0. The second kappa shape index (κ2) is 8.78. The number of pyridine rings is 1. The molecule has 2 saturated heterocycles. The molecule has 6 nitrogen and oxygen atoms in total. The highest BCUT2D eigenvalue weighted by molar-refractivity contribution is 7.22. The van der Waals surface area contributed by atoms with Crippen LogP contribution in [0.5, 0.6) is 0 Å². The van der Waals surface area contributed by atoms with E-state index in [1.54, 1.807) is 23.6 Å². The third-order valence-electron chi connectivity index (χ3n) is 7.13. The highest BCUT2D eigenvalue weighted by Crippen LogP contribution is 2.36. The van der Waals surface area contributed by atoms with E-state index in [9.17, 15) is 4.79 Å². The average Bonchev–Trinajstić information content (AvgIpc) is 3.28. The Labute approximate surface area is 202 Å². The molecule has 33 heavy (non-hydrogen) atoms. The zero-order chi connectivity index (χ0) is 22.4. The predicted molar refractivity (Wildman–Crippen MR) is 135 cm³/mol. The standard InChI is InChI=1S/C25H26ClN5OS/c26-17-13-19(23-20(14-17)21(32)4-7-27-23)16-12-22-24(28-15-16)29-25(33-22)31-10-5-18(6-11-31)30-8-2-1-3-9-30/h4,7,12-15,18,20H,1-3,5-6,8-11H2. The van der Waals surface area contributed by atoms with Crippen molar-refractivity contribution in [2.24, 2.45) is 10.9 Å². The van der Waals surface area contributed by atoms with E-state index < -0.39 is 5.92 Å². The Kier molecular flexibility index (Phi) is 5.64. The second-order valence-corrected chi connectivity index (χ2v) is 10.6. The summed E-state index contributed by atoms with van der Waals surface area (Å²) in [6, 6.07) is 2.82. The van der Waals surface area contributed by atoms with Gasteiger partial charge in [0, 0.05) is 53.8 Å². The van der Waals surface area contributed by atoms with Crippen molar-refractivity contribution < 1.29 is 4.79 Å². The minimum absolute atomic E-state index is 0.00539. The van der Waals surface area contributed by atoms with Crippen molar-refractivity contribution in [3.05, 3.63) is 47.3 Å². The summed E-state index contributed by atoms with van der Waals surface area (Å²) in [5, 5.41) is 1.60. The summed E-state index contributed by atoms with van der Waals surface area (Å²) >= 11 is 8.04.